The van der Waals surface area contributed by atoms with Crippen molar-refractivity contribution in [2.24, 2.45) is 0 Å². The number of halogens is 5. The minimum atomic E-state index is -2.13. The fraction of sp³-hybridized carbons (Fsp3) is 0.571. The van der Waals surface area contributed by atoms with E-state index in [9.17, 15) is 22.0 Å². The van der Waals surface area contributed by atoms with Gasteiger partial charge in [0, 0.05) is 18.6 Å². The van der Waals surface area contributed by atoms with Crippen LogP contribution in [-0.4, -0.2) is 25.2 Å². The molecule has 0 aliphatic carbocycles. The minimum absolute atomic E-state index is 0.169. The van der Waals surface area contributed by atoms with E-state index in [-0.39, 0.29) is 13.1 Å². The average molecular weight is 308 g/mol. The quantitative estimate of drug-likeness (QED) is 0.512. The molecule has 1 saturated heterocycles. The van der Waals surface area contributed by atoms with Crippen molar-refractivity contribution in [3.05, 3.63) is 29.1 Å². The van der Waals surface area contributed by atoms with Gasteiger partial charge in [-0.15, -0.1) is 0 Å². The van der Waals surface area contributed by atoms with Crippen LogP contribution >= 0.6 is 0 Å². The molecule has 1 heterocycles. The number of nitrogens with zero attached hydrogens (tertiary/aromatic N) is 1. The zero-order chi connectivity index (χ0) is 15.8. The maximum absolute atomic E-state index is 13.9. The summed E-state index contributed by atoms with van der Waals surface area (Å²) >= 11 is 0. The van der Waals surface area contributed by atoms with Gasteiger partial charge in [0.2, 0.25) is 5.82 Å². The highest BCUT2D eigenvalue weighted by Gasteiger charge is 2.33. The van der Waals surface area contributed by atoms with E-state index < -0.39 is 40.3 Å². The normalized spacial score (nSPS) is 23.3. The van der Waals surface area contributed by atoms with Crippen LogP contribution in [0.15, 0.2) is 0 Å². The predicted octanol–water partition coefficient (Wildman–Crippen LogP) is 3.35. The zero-order valence-corrected chi connectivity index (χ0v) is 11.9. The SMILES string of the molecule is CCC1(C)CN(c2c(F)c(F)c(F)c(F)c2F)CCCN1. The summed E-state index contributed by atoms with van der Waals surface area (Å²) in [6, 6.07) is 0. The number of nitrogens with one attached hydrogen (secondary N) is 1. The van der Waals surface area contributed by atoms with Gasteiger partial charge in [0.15, 0.2) is 23.3 Å². The van der Waals surface area contributed by atoms with Gasteiger partial charge in [-0.3, -0.25) is 0 Å². The van der Waals surface area contributed by atoms with Crippen LogP contribution in [0, 0.1) is 29.1 Å². The Bertz CT molecular complexity index is 520. The lowest BCUT2D eigenvalue weighted by molar-refractivity contribution is 0.356. The summed E-state index contributed by atoms with van der Waals surface area (Å²) in [5.41, 5.74) is -1.29. The summed E-state index contributed by atoms with van der Waals surface area (Å²) < 4.78 is 67.6. The van der Waals surface area contributed by atoms with Crippen LogP contribution in [0.2, 0.25) is 0 Å². The second kappa shape index (κ2) is 5.79. The highest BCUT2D eigenvalue weighted by molar-refractivity contribution is 5.51. The molecule has 0 spiro atoms. The maximum Gasteiger partial charge on any atom is 0.200 e. The molecule has 0 radical (unpaired) electrons. The Morgan fingerprint density at radius 1 is 1.00 bits per heavy atom. The van der Waals surface area contributed by atoms with E-state index >= 15 is 0 Å². The number of benzene rings is 1. The summed E-state index contributed by atoms with van der Waals surface area (Å²) in [6.07, 6.45) is 1.22. The van der Waals surface area contributed by atoms with Gasteiger partial charge in [0.05, 0.1) is 0 Å². The van der Waals surface area contributed by atoms with Crippen molar-refractivity contribution in [3.63, 3.8) is 0 Å². The Morgan fingerprint density at radius 3 is 2.05 bits per heavy atom. The van der Waals surface area contributed by atoms with Crippen LogP contribution < -0.4 is 10.2 Å². The van der Waals surface area contributed by atoms with Crippen LogP contribution in [0.5, 0.6) is 0 Å². The molecule has 1 N–H and O–H groups in total. The van der Waals surface area contributed by atoms with Crippen molar-refractivity contribution in [1.82, 2.24) is 5.32 Å². The van der Waals surface area contributed by atoms with Gasteiger partial charge in [-0.2, -0.15) is 0 Å². The van der Waals surface area contributed by atoms with E-state index in [1.165, 1.54) is 4.90 Å². The number of anilines is 1. The molecule has 118 valence electrons. The molecule has 1 unspecified atom stereocenters. The topological polar surface area (TPSA) is 15.3 Å². The van der Waals surface area contributed by atoms with Crippen LogP contribution in [0.1, 0.15) is 26.7 Å². The largest absolute Gasteiger partial charge is 0.365 e. The van der Waals surface area contributed by atoms with E-state index in [2.05, 4.69) is 5.32 Å². The van der Waals surface area contributed by atoms with E-state index in [1.54, 1.807) is 0 Å². The van der Waals surface area contributed by atoms with Crippen molar-refractivity contribution in [1.29, 1.82) is 0 Å². The van der Waals surface area contributed by atoms with Crippen LogP contribution in [0.3, 0.4) is 0 Å². The van der Waals surface area contributed by atoms with Crippen molar-refractivity contribution in [3.8, 4) is 0 Å². The molecule has 0 saturated carbocycles. The van der Waals surface area contributed by atoms with Crippen LogP contribution in [0.25, 0.3) is 0 Å². The smallest absolute Gasteiger partial charge is 0.200 e. The molecule has 1 atom stereocenters. The van der Waals surface area contributed by atoms with Gasteiger partial charge in [0.25, 0.3) is 0 Å². The average Bonchev–Trinajstić information content (AvgIpc) is 2.66. The minimum Gasteiger partial charge on any atom is -0.365 e. The molecule has 1 aliphatic rings. The fourth-order valence-corrected chi connectivity index (χ4v) is 2.51. The fourth-order valence-electron chi connectivity index (χ4n) is 2.51. The second-order valence-electron chi connectivity index (χ2n) is 5.53. The first-order chi connectivity index (χ1) is 9.80. The first kappa shape index (κ1) is 16.0. The summed E-state index contributed by atoms with van der Waals surface area (Å²) in [5.74, 6) is -9.47. The summed E-state index contributed by atoms with van der Waals surface area (Å²) in [5, 5.41) is 3.24. The highest BCUT2D eigenvalue weighted by atomic mass is 19.2. The molecule has 0 aromatic heterocycles. The third kappa shape index (κ3) is 2.84. The number of hydrogen-bond donors (Lipinski definition) is 1. The van der Waals surface area contributed by atoms with Crippen molar-refractivity contribution in [2.75, 3.05) is 24.5 Å². The Morgan fingerprint density at radius 2 is 1.52 bits per heavy atom. The number of rotatable bonds is 2. The Kier molecular flexibility index (Phi) is 4.41. The monoisotopic (exact) mass is 308 g/mol. The molecule has 1 aliphatic heterocycles. The standard InChI is InChI=1S/C14H17F5N2/c1-3-14(2)7-21(6-4-5-20-14)13-11(18)9(16)8(15)10(17)12(13)19/h20H,3-7H2,1-2H3. The van der Waals surface area contributed by atoms with Gasteiger partial charge in [-0.1, -0.05) is 6.92 Å². The molecule has 1 fully saturated rings. The van der Waals surface area contributed by atoms with Crippen molar-refractivity contribution in [2.45, 2.75) is 32.2 Å². The lowest BCUT2D eigenvalue weighted by atomic mass is 9.98. The highest BCUT2D eigenvalue weighted by Crippen LogP contribution is 2.32. The first-order valence-electron chi connectivity index (χ1n) is 6.82. The molecule has 1 aromatic rings. The molecule has 7 heteroatoms. The summed E-state index contributed by atoms with van der Waals surface area (Å²) in [4.78, 5) is 1.24. The molecular formula is C14H17F5N2. The zero-order valence-electron chi connectivity index (χ0n) is 11.9. The third-order valence-electron chi connectivity index (χ3n) is 3.98. The van der Waals surface area contributed by atoms with Gasteiger partial charge >= 0.3 is 0 Å². The molecule has 1 aromatic carbocycles. The molecule has 21 heavy (non-hydrogen) atoms. The Hall–Kier alpha value is -1.37. The molecule has 2 nitrogen and oxygen atoms in total. The summed E-state index contributed by atoms with van der Waals surface area (Å²) in [7, 11) is 0. The predicted molar refractivity (Wildman–Crippen MR) is 69.8 cm³/mol. The Balaban J connectivity index is 2.50. The Labute approximate surface area is 119 Å². The maximum atomic E-state index is 13.9. The second-order valence-corrected chi connectivity index (χ2v) is 5.53. The van der Waals surface area contributed by atoms with Crippen LogP contribution in [-0.2, 0) is 0 Å². The third-order valence-corrected chi connectivity index (χ3v) is 3.98. The molecule has 0 bridgehead atoms. The van der Waals surface area contributed by atoms with Gasteiger partial charge in [-0.25, -0.2) is 22.0 Å². The van der Waals surface area contributed by atoms with Gasteiger partial charge in [0.1, 0.15) is 5.69 Å². The lowest BCUT2D eigenvalue weighted by Gasteiger charge is -2.34. The molecule has 0 amide bonds. The van der Waals surface area contributed by atoms with E-state index in [0.717, 1.165) is 0 Å². The van der Waals surface area contributed by atoms with E-state index in [4.69, 9.17) is 0 Å². The summed E-state index contributed by atoms with van der Waals surface area (Å²) in [6.45, 7) is 4.77. The molecular weight excluding hydrogens is 291 g/mol. The first-order valence-corrected chi connectivity index (χ1v) is 6.82. The van der Waals surface area contributed by atoms with Crippen molar-refractivity contribution >= 4 is 5.69 Å². The van der Waals surface area contributed by atoms with Crippen LogP contribution in [0.4, 0.5) is 27.6 Å². The van der Waals surface area contributed by atoms with Crippen molar-refractivity contribution < 1.29 is 22.0 Å². The van der Waals surface area contributed by atoms with E-state index in [0.29, 0.717) is 19.4 Å². The lowest BCUT2D eigenvalue weighted by Crippen LogP contribution is -2.49. The molecule has 2 rings (SSSR count). The van der Waals surface area contributed by atoms with Gasteiger partial charge < -0.3 is 10.2 Å². The van der Waals surface area contributed by atoms with E-state index in [1.807, 2.05) is 13.8 Å². The number of hydrogen-bond acceptors (Lipinski definition) is 2. The van der Waals surface area contributed by atoms with Gasteiger partial charge in [-0.05, 0) is 26.3 Å².